The molecule has 0 fully saturated rings. The molecule has 250 valence electrons. The fourth-order valence-corrected chi connectivity index (χ4v) is 7.88. The molecule has 0 amide bonds. The highest BCUT2D eigenvalue weighted by atomic mass is 15.1. The summed E-state index contributed by atoms with van der Waals surface area (Å²) in [6, 6.07) is 61.6. The zero-order valence-electron chi connectivity index (χ0n) is 29.5. The van der Waals surface area contributed by atoms with Gasteiger partial charge in [-0.2, -0.15) is 5.26 Å². The number of hydrogen-bond acceptors (Lipinski definition) is 3. The molecule has 0 aromatic heterocycles. The lowest BCUT2D eigenvalue weighted by Crippen LogP contribution is -2.17. The van der Waals surface area contributed by atoms with Crippen LogP contribution in [0.25, 0.3) is 37.5 Å². The highest BCUT2D eigenvalue weighted by molar-refractivity contribution is 5.93. The highest BCUT2D eigenvalue weighted by Gasteiger charge is 2.37. The summed E-state index contributed by atoms with van der Waals surface area (Å²) in [5.74, 6) is 0. The van der Waals surface area contributed by atoms with Crippen molar-refractivity contribution in [3.8, 4) is 17.2 Å². The Hall–Kier alpha value is -7.14. The van der Waals surface area contributed by atoms with Crippen molar-refractivity contribution in [2.45, 2.75) is 19.3 Å². The van der Waals surface area contributed by atoms with Crippen LogP contribution in [-0.4, -0.2) is 0 Å². The van der Waals surface area contributed by atoms with Gasteiger partial charge in [0.2, 0.25) is 0 Å². The van der Waals surface area contributed by atoms with E-state index in [4.69, 9.17) is 6.57 Å². The van der Waals surface area contributed by atoms with E-state index < -0.39 is 0 Å². The van der Waals surface area contributed by atoms with E-state index in [1.54, 1.807) is 0 Å². The number of hydrogen-bond donors (Lipinski definition) is 0. The molecule has 4 heteroatoms. The summed E-state index contributed by atoms with van der Waals surface area (Å²) in [6.07, 6.45) is 0. The fourth-order valence-electron chi connectivity index (χ4n) is 7.88. The Morgan fingerprint density at radius 2 is 0.868 bits per heavy atom. The van der Waals surface area contributed by atoms with Crippen LogP contribution in [-0.2, 0) is 5.41 Å². The van der Waals surface area contributed by atoms with Gasteiger partial charge in [0.1, 0.15) is 0 Å². The molecule has 0 unspecified atom stereocenters. The molecule has 0 aliphatic heterocycles. The van der Waals surface area contributed by atoms with E-state index >= 15 is 0 Å². The Bertz CT molecular complexity index is 2590. The molecule has 0 spiro atoms. The molecule has 8 aromatic carbocycles. The molecule has 9 rings (SSSR count). The van der Waals surface area contributed by atoms with Crippen molar-refractivity contribution in [1.29, 1.82) is 5.26 Å². The second kappa shape index (κ2) is 12.6. The second-order valence-corrected chi connectivity index (χ2v) is 14.1. The van der Waals surface area contributed by atoms with Gasteiger partial charge in [-0.3, -0.25) is 0 Å². The van der Waals surface area contributed by atoms with Crippen molar-refractivity contribution >= 4 is 61.4 Å². The molecule has 0 bridgehead atoms. The van der Waals surface area contributed by atoms with Gasteiger partial charge in [-0.1, -0.05) is 98.8 Å². The van der Waals surface area contributed by atoms with Gasteiger partial charge in [0.05, 0.1) is 18.2 Å². The molecular formula is C49H34N4. The predicted molar refractivity (Wildman–Crippen MR) is 219 cm³/mol. The molecule has 53 heavy (non-hydrogen) atoms. The van der Waals surface area contributed by atoms with Gasteiger partial charge in [-0.05, 0) is 129 Å². The Kier molecular flexibility index (Phi) is 7.54. The lowest BCUT2D eigenvalue weighted by atomic mass is 9.82. The Balaban J connectivity index is 1.16. The van der Waals surface area contributed by atoms with Gasteiger partial charge in [-0.15, -0.1) is 0 Å². The summed E-state index contributed by atoms with van der Waals surface area (Å²) >= 11 is 0. The van der Waals surface area contributed by atoms with Gasteiger partial charge in [-0.25, -0.2) is 4.85 Å². The van der Waals surface area contributed by atoms with E-state index in [1.165, 1.54) is 43.8 Å². The minimum absolute atomic E-state index is 0.292. The second-order valence-electron chi connectivity index (χ2n) is 14.1. The van der Waals surface area contributed by atoms with E-state index in [9.17, 15) is 5.26 Å². The minimum Gasteiger partial charge on any atom is -0.311 e. The first-order valence-corrected chi connectivity index (χ1v) is 17.8. The smallest absolute Gasteiger partial charge is 0.187 e. The van der Waals surface area contributed by atoms with Crippen molar-refractivity contribution in [3.63, 3.8) is 0 Å². The summed E-state index contributed by atoms with van der Waals surface area (Å²) in [4.78, 5) is 8.21. The van der Waals surface area contributed by atoms with Gasteiger partial charge in [0, 0.05) is 39.5 Å². The van der Waals surface area contributed by atoms with E-state index in [0.717, 1.165) is 34.1 Å². The number of anilines is 6. The first-order chi connectivity index (χ1) is 25.9. The van der Waals surface area contributed by atoms with Crippen molar-refractivity contribution < 1.29 is 0 Å². The van der Waals surface area contributed by atoms with Gasteiger partial charge in [0.15, 0.2) is 5.69 Å². The predicted octanol–water partition coefficient (Wildman–Crippen LogP) is 13.7. The molecular weight excluding hydrogens is 645 g/mol. The van der Waals surface area contributed by atoms with Crippen LogP contribution in [0, 0.1) is 17.9 Å². The first kappa shape index (κ1) is 31.8. The summed E-state index contributed by atoms with van der Waals surface area (Å²) in [6.45, 7) is 12.2. The molecule has 8 aromatic rings. The van der Waals surface area contributed by atoms with Crippen LogP contribution in [0.4, 0.5) is 39.8 Å². The molecule has 0 saturated heterocycles. The third kappa shape index (κ3) is 5.46. The van der Waals surface area contributed by atoms with E-state index in [-0.39, 0.29) is 5.41 Å². The summed E-state index contributed by atoms with van der Waals surface area (Å²) in [5, 5.41) is 14.3. The van der Waals surface area contributed by atoms with Crippen LogP contribution in [0.2, 0.25) is 0 Å². The zero-order chi connectivity index (χ0) is 36.1. The van der Waals surface area contributed by atoms with E-state index in [2.05, 4.69) is 156 Å². The largest absolute Gasteiger partial charge is 0.311 e. The number of rotatable bonds is 6. The average molecular weight is 679 g/mol. The van der Waals surface area contributed by atoms with Gasteiger partial charge < -0.3 is 9.80 Å². The third-order valence-electron chi connectivity index (χ3n) is 10.6. The van der Waals surface area contributed by atoms with Crippen LogP contribution in [0.15, 0.2) is 170 Å². The SMILES string of the molecule is [C-]#[N+]c1ccc(N(c2ccc3c(c2)C(C)(C)c2cc(N(c4ccc(C#N)cc4)c4ccc5ccccc5c4)ccc2-3)c2ccc3ccccc3c2)cc1. The van der Waals surface area contributed by atoms with Crippen LogP contribution in [0.3, 0.4) is 0 Å². The molecule has 0 atom stereocenters. The normalized spacial score (nSPS) is 12.5. The summed E-state index contributed by atoms with van der Waals surface area (Å²) in [5.41, 5.74) is 12.2. The number of nitrogens with zero attached hydrogens (tertiary/aromatic N) is 4. The maximum absolute atomic E-state index is 9.54. The van der Waals surface area contributed by atoms with Gasteiger partial charge >= 0.3 is 0 Å². The molecule has 0 N–H and O–H groups in total. The fraction of sp³-hybridized carbons (Fsp3) is 0.0612. The van der Waals surface area contributed by atoms with Crippen LogP contribution in [0.5, 0.6) is 0 Å². The van der Waals surface area contributed by atoms with Gasteiger partial charge in [0.25, 0.3) is 0 Å². The topological polar surface area (TPSA) is 34.6 Å². The summed E-state index contributed by atoms with van der Waals surface area (Å²) < 4.78 is 0. The summed E-state index contributed by atoms with van der Waals surface area (Å²) in [7, 11) is 0. The van der Waals surface area contributed by atoms with Crippen molar-refractivity contribution in [3.05, 3.63) is 198 Å². The lowest BCUT2D eigenvalue weighted by molar-refractivity contribution is 0.660. The number of nitriles is 1. The highest BCUT2D eigenvalue weighted by Crippen LogP contribution is 2.52. The van der Waals surface area contributed by atoms with Crippen molar-refractivity contribution in [2.24, 2.45) is 0 Å². The number of benzene rings is 8. The van der Waals surface area contributed by atoms with Crippen LogP contribution in [0.1, 0.15) is 30.5 Å². The Labute approximate surface area is 309 Å². The Morgan fingerprint density at radius 3 is 1.32 bits per heavy atom. The molecule has 0 radical (unpaired) electrons. The molecule has 1 aliphatic rings. The van der Waals surface area contributed by atoms with E-state index in [0.29, 0.717) is 11.3 Å². The molecule has 0 heterocycles. The lowest BCUT2D eigenvalue weighted by Gasteiger charge is -2.29. The quantitative estimate of drug-likeness (QED) is 0.164. The third-order valence-corrected chi connectivity index (χ3v) is 10.6. The van der Waals surface area contributed by atoms with Crippen LogP contribution < -0.4 is 9.80 Å². The minimum atomic E-state index is -0.292. The van der Waals surface area contributed by atoms with Crippen molar-refractivity contribution in [1.82, 2.24) is 0 Å². The maximum Gasteiger partial charge on any atom is 0.187 e. The van der Waals surface area contributed by atoms with Crippen molar-refractivity contribution in [2.75, 3.05) is 9.80 Å². The van der Waals surface area contributed by atoms with E-state index in [1.807, 2.05) is 48.5 Å². The standard InChI is InChI=1S/C49H34N4/c1-49(2)47-30-43(52(39-18-12-33(32-50)13-19-39)41-20-14-34-8-4-6-10-36(34)28-41)24-26-45(47)46-27-25-44(31-48(46)49)53(40-22-16-38(51-3)17-23-40)42-21-15-35-9-5-7-11-37(35)29-42/h4-31H,1-2H3. The zero-order valence-corrected chi connectivity index (χ0v) is 29.5. The Morgan fingerprint density at radius 1 is 0.472 bits per heavy atom. The molecule has 4 nitrogen and oxygen atoms in total. The average Bonchev–Trinajstić information content (AvgIpc) is 3.43. The molecule has 0 saturated carbocycles. The molecule has 1 aliphatic carbocycles. The number of fused-ring (bicyclic) bond motifs is 5. The maximum atomic E-state index is 9.54. The first-order valence-electron chi connectivity index (χ1n) is 17.8. The van der Waals surface area contributed by atoms with Crippen LogP contribution >= 0.6 is 0 Å². The monoisotopic (exact) mass is 678 g/mol.